The van der Waals surface area contributed by atoms with Gasteiger partial charge in [-0.2, -0.15) is 0 Å². The number of thiazole rings is 1. The van der Waals surface area contributed by atoms with Crippen LogP contribution >= 0.6 is 58.2 Å². The fourth-order valence-electron chi connectivity index (χ4n) is 3.40. The van der Waals surface area contributed by atoms with Gasteiger partial charge >= 0.3 is 5.97 Å². The maximum absolute atomic E-state index is 13.0. The van der Waals surface area contributed by atoms with E-state index in [2.05, 4.69) is 20.4 Å². The zero-order valence-electron chi connectivity index (χ0n) is 18.1. The lowest BCUT2D eigenvalue weighted by Crippen LogP contribution is -2.71. The lowest BCUT2D eigenvalue weighted by Gasteiger charge is -2.49. The number of aromatic nitrogens is 2. The first-order chi connectivity index (χ1) is 17.3. The zero-order valence-corrected chi connectivity index (χ0v) is 22.1. The number of aliphatic carboxylic acids is 1. The van der Waals surface area contributed by atoms with Crippen molar-refractivity contribution in [2.24, 2.45) is 10.9 Å². The quantitative estimate of drug-likeness (QED) is 0.0932. The molecule has 1 saturated heterocycles. The van der Waals surface area contributed by atoms with Gasteiger partial charge in [0.2, 0.25) is 0 Å². The van der Waals surface area contributed by atoms with Gasteiger partial charge in [-0.25, -0.2) is 9.78 Å². The molecule has 0 saturated carbocycles. The van der Waals surface area contributed by atoms with Crippen LogP contribution in [0.4, 0.5) is 5.13 Å². The van der Waals surface area contributed by atoms with Crippen LogP contribution in [0.1, 0.15) is 5.69 Å². The highest BCUT2D eigenvalue weighted by Gasteiger charge is 2.54. The molecule has 12 nitrogen and oxygen atoms in total. The third-order valence-corrected chi connectivity index (χ3v) is 9.83. The molecule has 2 aliphatic rings. The van der Waals surface area contributed by atoms with E-state index < -0.39 is 34.9 Å². The molecule has 0 bridgehead atoms. The molecule has 1 fully saturated rings. The molecular weight excluding hydrogens is 570 g/mol. The molecule has 2 aromatic heterocycles. The Morgan fingerprint density at radius 1 is 1.39 bits per heavy atom. The van der Waals surface area contributed by atoms with E-state index in [1.807, 2.05) is 0 Å². The number of oxime groups is 1. The van der Waals surface area contributed by atoms with Crippen LogP contribution in [-0.2, 0) is 14.4 Å². The number of anilines is 1. The van der Waals surface area contributed by atoms with E-state index in [4.69, 9.17) is 23.1 Å². The first-order valence-corrected chi connectivity index (χ1v) is 14.1. The summed E-state index contributed by atoms with van der Waals surface area (Å²) in [5.41, 5.74) is 10.4. The second-order valence-corrected chi connectivity index (χ2v) is 12.1. The number of fused-ring (bicyclic) bond motifs is 1. The summed E-state index contributed by atoms with van der Waals surface area (Å²) in [6, 6.07) is 0.742. The second-order valence-electron chi connectivity index (χ2n) is 7.12. The van der Waals surface area contributed by atoms with Crippen LogP contribution < -0.4 is 16.8 Å². The van der Waals surface area contributed by atoms with Crippen molar-refractivity contribution < 1.29 is 24.7 Å². The van der Waals surface area contributed by atoms with E-state index >= 15 is 0 Å². The number of halogens is 1. The molecule has 190 valence electrons. The van der Waals surface area contributed by atoms with Crippen molar-refractivity contribution in [1.82, 2.24) is 20.2 Å². The Balaban J connectivity index is 1.54. The molecule has 7 N–H and O–H groups in total. The van der Waals surface area contributed by atoms with Gasteiger partial charge in [0, 0.05) is 45.1 Å². The Morgan fingerprint density at radius 3 is 2.81 bits per heavy atom. The molecule has 0 spiro atoms. The van der Waals surface area contributed by atoms with E-state index in [1.54, 1.807) is 18.5 Å². The summed E-state index contributed by atoms with van der Waals surface area (Å²) in [4.78, 5) is 49.2. The minimum absolute atomic E-state index is 0.0434. The summed E-state index contributed by atoms with van der Waals surface area (Å²) in [5.74, 6) is -1.79. The number of hydrogen-bond donors (Lipinski definition) is 5. The van der Waals surface area contributed by atoms with Gasteiger partial charge in [-0.3, -0.25) is 19.5 Å². The maximum atomic E-state index is 13.0. The average molecular weight is 588 g/mol. The fourth-order valence-corrected chi connectivity index (χ4v) is 7.78. The van der Waals surface area contributed by atoms with Crippen molar-refractivity contribution >= 4 is 86.9 Å². The predicted molar refractivity (Wildman–Crippen MR) is 139 cm³/mol. The highest BCUT2D eigenvalue weighted by molar-refractivity contribution is 8.07. The molecule has 2 amide bonds. The largest absolute Gasteiger partial charge is 0.477 e. The predicted octanol–water partition coefficient (Wildman–Crippen LogP) is 1.49. The Bertz CT molecular complexity index is 1290. The van der Waals surface area contributed by atoms with Crippen LogP contribution in [0.25, 0.3) is 0 Å². The number of rotatable bonds is 9. The van der Waals surface area contributed by atoms with E-state index in [0.29, 0.717) is 23.0 Å². The molecule has 0 unspecified atom stereocenters. The first kappa shape index (κ1) is 26.6. The summed E-state index contributed by atoms with van der Waals surface area (Å²) in [6.07, 6.45) is 3.29. The second kappa shape index (κ2) is 11.3. The van der Waals surface area contributed by atoms with Crippen LogP contribution in [0.3, 0.4) is 0 Å². The molecule has 17 heteroatoms. The van der Waals surface area contributed by atoms with Gasteiger partial charge in [-0.1, -0.05) is 39.9 Å². The van der Waals surface area contributed by atoms with Gasteiger partial charge < -0.3 is 27.1 Å². The summed E-state index contributed by atoms with van der Waals surface area (Å²) in [5, 5.41) is 24.1. The summed E-state index contributed by atoms with van der Waals surface area (Å²) in [7, 11) is 0. The lowest BCUT2D eigenvalue weighted by atomic mass is 10.0. The number of carbonyl (C=O) groups is 3. The number of pyridine rings is 1. The van der Waals surface area contributed by atoms with Crippen LogP contribution in [0, 0.1) is 0 Å². The number of carboxylic acid groups (broad SMARTS) is 1. The van der Waals surface area contributed by atoms with Crippen molar-refractivity contribution in [3.05, 3.63) is 39.1 Å². The van der Waals surface area contributed by atoms with Crippen LogP contribution in [-0.4, -0.2) is 78.1 Å². The normalized spacial score (nSPS) is 19.7. The number of nitrogens with one attached hydrogen (secondary N) is 1. The number of nitrogens with two attached hydrogens (primary N) is 2. The molecular formula is C19H18ClN7O5S4. The van der Waals surface area contributed by atoms with E-state index in [0.717, 1.165) is 26.0 Å². The molecule has 0 radical (unpaired) electrons. The summed E-state index contributed by atoms with van der Waals surface area (Å²) >= 11 is 11.0. The highest BCUT2D eigenvalue weighted by atomic mass is 35.5. The Hall–Kier alpha value is -2.50. The van der Waals surface area contributed by atoms with Gasteiger partial charge in [-0.05, 0) is 6.07 Å². The number of carboxylic acids is 1. The van der Waals surface area contributed by atoms with E-state index in [9.17, 15) is 24.7 Å². The van der Waals surface area contributed by atoms with Crippen molar-refractivity contribution in [2.45, 2.75) is 21.2 Å². The monoisotopic (exact) mass is 587 g/mol. The third kappa shape index (κ3) is 5.14. The maximum Gasteiger partial charge on any atom is 0.353 e. The van der Waals surface area contributed by atoms with Gasteiger partial charge in [0.15, 0.2) is 10.8 Å². The average Bonchev–Trinajstić information content (AvgIpc) is 3.19. The number of nitrogens with zero attached hydrogens (tertiary/aromatic N) is 4. The van der Waals surface area contributed by atoms with Gasteiger partial charge in [0.25, 0.3) is 11.8 Å². The van der Waals surface area contributed by atoms with Crippen molar-refractivity contribution in [3.8, 4) is 0 Å². The Morgan fingerprint density at radius 2 is 2.17 bits per heavy atom. The molecule has 4 heterocycles. The van der Waals surface area contributed by atoms with Crippen molar-refractivity contribution in [2.75, 3.05) is 23.8 Å². The number of nitrogen functional groups attached to an aromatic ring is 1. The minimum atomic E-state index is -1.26. The number of amides is 2. The van der Waals surface area contributed by atoms with Crippen LogP contribution in [0.2, 0.25) is 4.34 Å². The van der Waals surface area contributed by atoms with Gasteiger partial charge in [0.05, 0.1) is 0 Å². The van der Waals surface area contributed by atoms with Gasteiger partial charge in [-0.15, -0.1) is 23.5 Å². The highest BCUT2D eigenvalue weighted by Crippen LogP contribution is 2.46. The van der Waals surface area contributed by atoms with Gasteiger partial charge in [0.1, 0.15) is 27.1 Å². The zero-order chi connectivity index (χ0) is 26.0. The van der Waals surface area contributed by atoms with Crippen molar-refractivity contribution in [3.63, 3.8) is 0 Å². The van der Waals surface area contributed by atoms with E-state index in [-0.39, 0.29) is 20.9 Å². The van der Waals surface area contributed by atoms with Crippen LogP contribution in [0.15, 0.2) is 44.0 Å². The number of carbonyl (C=O) groups excluding carboxylic acids is 2. The Labute approximate surface area is 225 Å². The third-order valence-electron chi connectivity index (χ3n) is 4.92. The van der Waals surface area contributed by atoms with Crippen LogP contribution in [0.5, 0.6) is 0 Å². The molecule has 2 atom stereocenters. The smallest absolute Gasteiger partial charge is 0.353 e. The molecule has 36 heavy (non-hydrogen) atoms. The lowest BCUT2D eigenvalue weighted by molar-refractivity contribution is -0.150. The minimum Gasteiger partial charge on any atom is -0.477 e. The fraction of sp³-hybridized carbons (Fsp3) is 0.263. The van der Waals surface area contributed by atoms with Crippen molar-refractivity contribution in [1.29, 1.82) is 0 Å². The summed E-state index contributed by atoms with van der Waals surface area (Å²) in [6.45, 7) is 0.477. The first-order valence-electron chi connectivity index (χ1n) is 10.1. The number of hydrogen-bond acceptors (Lipinski definition) is 13. The molecule has 2 aliphatic heterocycles. The SMILES string of the molecule is NCCSc1cnccc1SC1=C(C(=O)O)N2C(=O)[C@@H](NC(=O)/C(=N\O)c3nc(N)sc3Cl)[C@@H]2SC1. The van der Waals surface area contributed by atoms with E-state index in [1.165, 1.54) is 35.3 Å². The topological polar surface area (TPSA) is 197 Å². The molecule has 2 aromatic rings. The molecule has 0 aliphatic carbocycles. The molecule has 4 rings (SSSR count). The summed E-state index contributed by atoms with van der Waals surface area (Å²) < 4.78 is 0.0434. The standard InChI is InChI=1S/C19H18ClN7O5S4/c20-14-10(25-19(22)36-14)11(26-32)15(28)24-12-16(29)27-13(18(30)31)9(6-34-17(12)27)35-7-1-3-23-5-8(7)33-4-2-21/h1,3,5,12,17,32H,2,4,6,21H2,(H2,22,25)(H,24,28)(H,30,31)/b26-11-/t12-,17+/m1/s1. The Kier molecular flexibility index (Phi) is 8.31. The number of β-lactam (4-membered cyclic amide) rings is 1. The number of thioether (sulfide) groups is 3. The molecule has 0 aromatic carbocycles.